The van der Waals surface area contributed by atoms with Crippen LogP contribution in [0.1, 0.15) is 68.2 Å². The number of methoxy groups -OCH3 is 1. The summed E-state index contributed by atoms with van der Waals surface area (Å²) in [5.41, 5.74) is 4.24. The van der Waals surface area contributed by atoms with Gasteiger partial charge in [0.15, 0.2) is 0 Å². The summed E-state index contributed by atoms with van der Waals surface area (Å²) in [6.45, 7) is 10.7. The van der Waals surface area contributed by atoms with Gasteiger partial charge in [-0.25, -0.2) is 4.39 Å². The standard InChI is InChI=1S/C29H40FN3O/c1-21(2)25-9-6-23(30)18-26(25)27-20-32(19-22-4-7-24(34-3)8-5-22)16-17-33(27)28-10-11-29(28)12-14-31-15-13-29/h4-9,18,21,27-28,31H,10-17,19-20H2,1-3H3. The number of halogens is 1. The molecule has 1 N–H and O–H groups in total. The Labute approximate surface area is 204 Å². The van der Waals surface area contributed by atoms with E-state index in [9.17, 15) is 4.39 Å². The molecule has 4 nitrogen and oxygen atoms in total. The molecule has 184 valence electrons. The topological polar surface area (TPSA) is 27.7 Å². The molecule has 2 unspecified atom stereocenters. The molecule has 2 heterocycles. The SMILES string of the molecule is COc1ccc(CN2CCN(C3CCC34CCNCC4)C(c3cc(F)ccc3C(C)C)C2)cc1. The summed E-state index contributed by atoms with van der Waals surface area (Å²) in [7, 11) is 1.71. The average Bonchev–Trinajstić information content (AvgIpc) is 2.85. The first kappa shape index (κ1) is 23.8. The van der Waals surface area contributed by atoms with Crippen molar-refractivity contribution in [1.82, 2.24) is 15.1 Å². The van der Waals surface area contributed by atoms with E-state index in [-0.39, 0.29) is 11.9 Å². The van der Waals surface area contributed by atoms with Crippen LogP contribution in [-0.4, -0.2) is 55.7 Å². The van der Waals surface area contributed by atoms with E-state index in [1.807, 2.05) is 24.3 Å². The van der Waals surface area contributed by atoms with Gasteiger partial charge in [-0.05, 0) is 91.1 Å². The van der Waals surface area contributed by atoms with Gasteiger partial charge >= 0.3 is 0 Å². The molecule has 3 aliphatic rings. The van der Waals surface area contributed by atoms with Crippen LogP contribution in [0.25, 0.3) is 0 Å². The van der Waals surface area contributed by atoms with Gasteiger partial charge in [0.05, 0.1) is 7.11 Å². The summed E-state index contributed by atoms with van der Waals surface area (Å²) in [5, 5.41) is 3.56. The van der Waals surface area contributed by atoms with Crippen LogP contribution in [0.15, 0.2) is 42.5 Å². The van der Waals surface area contributed by atoms with Crippen LogP contribution in [0.4, 0.5) is 4.39 Å². The first-order chi connectivity index (χ1) is 16.5. The first-order valence-electron chi connectivity index (χ1n) is 13.1. The lowest BCUT2D eigenvalue weighted by Crippen LogP contribution is -2.63. The molecule has 34 heavy (non-hydrogen) atoms. The van der Waals surface area contributed by atoms with Crippen molar-refractivity contribution in [2.24, 2.45) is 5.41 Å². The van der Waals surface area contributed by atoms with Crippen molar-refractivity contribution in [1.29, 1.82) is 0 Å². The van der Waals surface area contributed by atoms with Crippen LogP contribution in [0.5, 0.6) is 5.75 Å². The van der Waals surface area contributed by atoms with E-state index in [1.54, 1.807) is 13.2 Å². The highest BCUT2D eigenvalue weighted by atomic mass is 19.1. The second kappa shape index (κ2) is 9.96. The Bertz CT molecular complexity index is 970. The molecule has 0 amide bonds. The minimum absolute atomic E-state index is 0.114. The van der Waals surface area contributed by atoms with Crippen molar-refractivity contribution < 1.29 is 9.13 Å². The number of piperazine rings is 1. The van der Waals surface area contributed by atoms with E-state index < -0.39 is 0 Å². The predicted molar refractivity (Wildman–Crippen MR) is 136 cm³/mol. The fourth-order valence-corrected chi connectivity index (χ4v) is 6.70. The minimum Gasteiger partial charge on any atom is -0.497 e. The smallest absolute Gasteiger partial charge is 0.123 e. The summed E-state index contributed by atoms with van der Waals surface area (Å²) >= 11 is 0. The Hall–Kier alpha value is -1.95. The number of piperidine rings is 1. The Balaban J connectivity index is 1.43. The Morgan fingerprint density at radius 1 is 1.06 bits per heavy atom. The van der Waals surface area contributed by atoms with Crippen molar-refractivity contribution >= 4 is 0 Å². The summed E-state index contributed by atoms with van der Waals surface area (Å²) < 4.78 is 19.9. The quantitative estimate of drug-likeness (QED) is 0.623. The van der Waals surface area contributed by atoms with E-state index in [2.05, 4.69) is 41.1 Å². The summed E-state index contributed by atoms with van der Waals surface area (Å²) in [6.07, 6.45) is 5.17. The molecular formula is C29H40FN3O. The molecule has 1 saturated carbocycles. The highest BCUT2D eigenvalue weighted by Crippen LogP contribution is 2.53. The van der Waals surface area contributed by atoms with Crippen LogP contribution in [-0.2, 0) is 6.54 Å². The third-order valence-corrected chi connectivity index (χ3v) is 8.72. The maximum absolute atomic E-state index is 14.6. The molecule has 2 atom stereocenters. The van der Waals surface area contributed by atoms with Crippen LogP contribution < -0.4 is 10.1 Å². The van der Waals surface area contributed by atoms with E-state index in [0.29, 0.717) is 17.4 Å². The maximum atomic E-state index is 14.6. The van der Waals surface area contributed by atoms with E-state index in [4.69, 9.17) is 4.74 Å². The van der Waals surface area contributed by atoms with Gasteiger partial charge in [0.2, 0.25) is 0 Å². The van der Waals surface area contributed by atoms with Gasteiger partial charge in [0.1, 0.15) is 11.6 Å². The fraction of sp³-hybridized carbons (Fsp3) is 0.586. The molecule has 0 radical (unpaired) electrons. The van der Waals surface area contributed by atoms with Gasteiger partial charge in [0, 0.05) is 38.3 Å². The van der Waals surface area contributed by atoms with Crippen LogP contribution in [0.2, 0.25) is 0 Å². The number of hydrogen-bond acceptors (Lipinski definition) is 4. The molecule has 0 aromatic heterocycles. The van der Waals surface area contributed by atoms with Crippen molar-refractivity contribution in [3.8, 4) is 5.75 Å². The third kappa shape index (κ3) is 4.62. The second-order valence-corrected chi connectivity index (χ2v) is 10.9. The van der Waals surface area contributed by atoms with Crippen molar-refractivity contribution in [2.45, 2.75) is 64.1 Å². The zero-order valence-electron chi connectivity index (χ0n) is 21.0. The van der Waals surface area contributed by atoms with Gasteiger partial charge in [0.25, 0.3) is 0 Å². The molecule has 3 fully saturated rings. The van der Waals surface area contributed by atoms with E-state index in [0.717, 1.165) is 45.0 Å². The number of nitrogens with one attached hydrogen (secondary N) is 1. The Kier molecular flexibility index (Phi) is 6.97. The van der Waals surface area contributed by atoms with E-state index >= 15 is 0 Å². The fourth-order valence-electron chi connectivity index (χ4n) is 6.70. The number of rotatable bonds is 6. The van der Waals surface area contributed by atoms with Crippen molar-refractivity contribution in [3.63, 3.8) is 0 Å². The largest absolute Gasteiger partial charge is 0.497 e. The predicted octanol–water partition coefficient (Wildman–Crippen LogP) is 5.35. The molecular weight excluding hydrogens is 425 g/mol. The Morgan fingerprint density at radius 2 is 1.82 bits per heavy atom. The first-order valence-corrected chi connectivity index (χ1v) is 13.1. The van der Waals surface area contributed by atoms with E-state index in [1.165, 1.54) is 42.4 Å². The zero-order valence-corrected chi connectivity index (χ0v) is 21.0. The van der Waals surface area contributed by atoms with Gasteiger partial charge < -0.3 is 10.1 Å². The highest BCUT2D eigenvalue weighted by molar-refractivity contribution is 5.34. The molecule has 2 saturated heterocycles. The van der Waals surface area contributed by atoms with Gasteiger partial charge in [-0.1, -0.05) is 32.0 Å². The lowest BCUT2D eigenvalue weighted by Gasteiger charge is -2.60. The summed E-state index contributed by atoms with van der Waals surface area (Å²) in [4.78, 5) is 5.34. The highest BCUT2D eigenvalue weighted by Gasteiger charge is 2.51. The van der Waals surface area contributed by atoms with Crippen LogP contribution in [0, 0.1) is 11.2 Å². The monoisotopic (exact) mass is 465 g/mol. The maximum Gasteiger partial charge on any atom is 0.123 e. The normalized spacial score (nSPS) is 25.4. The summed E-state index contributed by atoms with van der Waals surface area (Å²) in [5.74, 6) is 1.16. The number of nitrogens with zero attached hydrogens (tertiary/aromatic N) is 2. The molecule has 0 bridgehead atoms. The molecule has 2 aliphatic heterocycles. The van der Waals surface area contributed by atoms with Crippen molar-refractivity contribution in [2.75, 3.05) is 39.8 Å². The Morgan fingerprint density at radius 3 is 2.47 bits per heavy atom. The molecule has 1 spiro atoms. The van der Waals surface area contributed by atoms with Gasteiger partial charge in [-0.15, -0.1) is 0 Å². The lowest BCUT2D eigenvalue weighted by atomic mass is 9.58. The van der Waals surface area contributed by atoms with Crippen LogP contribution >= 0.6 is 0 Å². The van der Waals surface area contributed by atoms with Crippen LogP contribution in [0.3, 0.4) is 0 Å². The molecule has 2 aromatic carbocycles. The third-order valence-electron chi connectivity index (χ3n) is 8.72. The second-order valence-electron chi connectivity index (χ2n) is 10.9. The number of benzene rings is 2. The van der Waals surface area contributed by atoms with Gasteiger partial charge in [-0.3, -0.25) is 9.80 Å². The summed E-state index contributed by atoms with van der Waals surface area (Å²) in [6, 6.07) is 14.8. The number of ether oxygens (including phenoxy) is 1. The minimum atomic E-state index is -0.114. The average molecular weight is 466 g/mol. The zero-order chi connectivity index (χ0) is 23.7. The van der Waals surface area contributed by atoms with Crippen molar-refractivity contribution in [3.05, 3.63) is 65.0 Å². The van der Waals surface area contributed by atoms with Gasteiger partial charge in [-0.2, -0.15) is 0 Å². The number of hydrogen-bond donors (Lipinski definition) is 1. The molecule has 5 heteroatoms. The lowest BCUT2D eigenvalue weighted by molar-refractivity contribution is -0.0906. The molecule has 5 rings (SSSR count). The molecule has 1 aliphatic carbocycles. The molecule has 2 aromatic rings.